The van der Waals surface area contributed by atoms with E-state index in [-0.39, 0.29) is 0 Å². The van der Waals surface area contributed by atoms with E-state index in [0.717, 1.165) is 41.6 Å². The van der Waals surface area contributed by atoms with Crippen molar-refractivity contribution in [2.24, 2.45) is 0 Å². The Bertz CT molecular complexity index is 566. The number of fused-ring (bicyclic) bond motifs is 1. The summed E-state index contributed by atoms with van der Waals surface area (Å²) < 4.78 is 3.07. The van der Waals surface area contributed by atoms with E-state index in [9.17, 15) is 0 Å². The second-order valence-electron chi connectivity index (χ2n) is 4.07. The van der Waals surface area contributed by atoms with Crippen molar-refractivity contribution in [3.05, 3.63) is 29.0 Å². The fraction of sp³-hybridized carbons (Fsp3) is 0.364. The van der Waals surface area contributed by atoms with E-state index in [0.29, 0.717) is 0 Å². The summed E-state index contributed by atoms with van der Waals surface area (Å²) in [5.74, 6) is 2.77. The highest BCUT2D eigenvalue weighted by Gasteiger charge is 2.21. The Labute approximate surface area is 113 Å². The van der Waals surface area contributed by atoms with Crippen LogP contribution in [0.25, 0.3) is 0 Å². The number of nitrogens with zero attached hydrogens (tertiary/aromatic N) is 5. The van der Waals surface area contributed by atoms with Gasteiger partial charge in [0, 0.05) is 32.5 Å². The van der Waals surface area contributed by atoms with E-state index in [1.165, 1.54) is 0 Å². The quantitative estimate of drug-likeness (QED) is 0.911. The molecule has 6 nitrogen and oxygen atoms in total. The maximum Gasteiger partial charge on any atom is 0.149 e. The first-order valence-corrected chi connectivity index (χ1v) is 6.52. The van der Waals surface area contributed by atoms with Crippen molar-refractivity contribution < 1.29 is 0 Å². The van der Waals surface area contributed by atoms with Crippen LogP contribution in [0, 0.1) is 0 Å². The molecule has 0 aromatic carbocycles. The van der Waals surface area contributed by atoms with Crippen LogP contribution >= 0.6 is 15.9 Å². The fourth-order valence-corrected chi connectivity index (χ4v) is 2.76. The molecule has 2 aromatic heterocycles. The summed E-state index contributed by atoms with van der Waals surface area (Å²) in [5.41, 5.74) is 0. The average Bonchev–Trinajstić information content (AvgIpc) is 2.86. The normalized spacial score (nSPS) is 14.4. The summed E-state index contributed by atoms with van der Waals surface area (Å²) in [7, 11) is 1.85. The molecule has 3 heterocycles. The third-order valence-corrected chi connectivity index (χ3v) is 3.78. The van der Waals surface area contributed by atoms with Gasteiger partial charge in [-0.25, -0.2) is 15.0 Å². The molecule has 0 radical (unpaired) electrons. The molecule has 0 unspecified atom stereocenters. The first-order chi connectivity index (χ1) is 8.79. The van der Waals surface area contributed by atoms with Crippen molar-refractivity contribution >= 4 is 27.6 Å². The predicted octanol–water partition coefficient (Wildman–Crippen LogP) is 1.50. The van der Waals surface area contributed by atoms with Crippen LogP contribution in [-0.4, -0.2) is 33.1 Å². The standard InChI is InChI=1S/C11H13BrN6/c1-13-10-9(12)11(16-7-15-10)18-5-4-17-3-2-14-8(17)6-18/h2-3,7H,4-6H2,1H3,(H,13,15,16). The molecule has 0 saturated carbocycles. The first kappa shape index (κ1) is 11.5. The number of anilines is 2. The van der Waals surface area contributed by atoms with Crippen molar-refractivity contribution in [1.82, 2.24) is 19.5 Å². The number of halogens is 1. The highest BCUT2D eigenvalue weighted by atomic mass is 79.9. The lowest BCUT2D eigenvalue weighted by molar-refractivity contribution is 0.555. The molecule has 18 heavy (non-hydrogen) atoms. The molecular weight excluding hydrogens is 296 g/mol. The summed E-state index contributed by atoms with van der Waals surface area (Å²) in [6, 6.07) is 0. The average molecular weight is 309 g/mol. The van der Waals surface area contributed by atoms with Crippen molar-refractivity contribution in [1.29, 1.82) is 0 Å². The second-order valence-corrected chi connectivity index (χ2v) is 4.86. The molecule has 0 fully saturated rings. The number of hydrogen-bond donors (Lipinski definition) is 1. The minimum Gasteiger partial charge on any atom is -0.372 e. The van der Waals surface area contributed by atoms with Gasteiger partial charge < -0.3 is 14.8 Å². The summed E-state index contributed by atoms with van der Waals surface area (Å²) in [6.07, 6.45) is 5.43. The molecule has 1 aliphatic heterocycles. The summed E-state index contributed by atoms with van der Waals surface area (Å²) in [4.78, 5) is 15.1. The van der Waals surface area contributed by atoms with Crippen LogP contribution in [0.15, 0.2) is 23.2 Å². The summed E-state index contributed by atoms with van der Waals surface area (Å²) in [5, 5.41) is 3.04. The molecule has 0 spiro atoms. The van der Waals surface area contributed by atoms with Crippen LogP contribution in [0.1, 0.15) is 5.82 Å². The smallest absolute Gasteiger partial charge is 0.149 e. The van der Waals surface area contributed by atoms with Gasteiger partial charge in [0.15, 0.2) is 0 Å². The maximum absolute atomic E-state index is 4.36. The first-order valence-electron chi connectivity index (χ1n) is 5.73. The second kappa shape index (κ2) is 4.56. The molecule has 0 bridgehead atoms. The van der Waals surface area contributed by atoms with Gasteiger partial charge in [-0.05, 0) is 15.9 Å². The Kier molecular flexibility index (Phi) is 2.91. The van der Waals surface area contributed by atoms with Gasteiger partial charge in [-0.15, -0.1) is 0 Å². The van der Waals surface area contributed by atoms with E-state index < -0.39 is 0 Å². The molecule has 7 heteroatoms. The number of rotatable bonds is 2. The molecule has 3 rings (SSSR count). The van der Waals surface area contributed by atoms with Gasteiger partial charge in [0.1, 0.15) is 28.3 Å². The molecule has 2 aromatic rings. The van der Waals surface area contributed by atoms with E-state index in [1.54, 1.807) is 6.33 Å². The summed E-state index contributed by atoms with van der Waals surface area (Å²) in [6.45, 7) is 2.62. The van der Waals surface area contributed by atoms with Crippen molar-refractivity contribution in [2.45, 2.75) is 13.1 Å². The van der Waals surface area contributed by atoms with Crippen LogP contribution in [0.5, 0.6) is 0 Å². The van der Waals surface area contributed by atoms with Crippen LogP contribution in [0.2, 0.25) is 0 Å². The lowest BCUT2D eigenvalue weighted by Crippen LogP contribution is -2.34. The molecule has 0 aliphatic carbocycles. The highest BCUT2D eigenvalue weighted by molar-refractivity contribution is 9.10. The molecule has 94 valence electrons. The zero-order valence-electron chi connectivity index (χ0n) is 9.97. The van der Waals surface area contributed by atoms with Gasteiger partial charge in [0.05, 0.1) is 6.54 Å². The van der Waals surface area contributed by atoms with Crippen LogP contribution in [0.4, 0.5) is 11.6 Å². The zero-order valence-corrected chi connectivity index (χ0v) is 11.6. The largest absolute Gasteiger partial charge is 0.372 e. The topological polar surface area (TPSA) is 58.9 Å². The van der Waals surface area contributed by atoms with E-state index in [4.69, 9.17) is 0 Å². The number of nitrogens with one attached hydrogen (secondary N) is 1. The van der Waals surface area contributed by atoms with Crippen LogP contribution in [-0.2, 0) is 13.1 Å². The molecular formula is C11H13BrN6. The minimum absolute atomic E-state index is 0.770. The van der Waals surface area contributed by atoms with Gasteiger partial charge in [-0.1, -0.05) is 0 Å². The third kappa shape index (κ3) is 1.84. The molecule has 1 aliphatic rings. The third-order valence-electron chi connectivity index (χ3n) is 3.05. The Morgan fingerprint density at radius 1 is 1.28 bits per heavy atom. The zero-order chi connectivity index (χ0) is 12.5. The lowest BCUT2D eigenvalue weighted by atomic mass is 10.3. The Morgan fingerprint density at radius 2 is 2.17 bits per heavy atom. The monoisotopic (exact) mass is 308 g/mol. The lowest BCUT2D eigenvalue weighted by Gasteiger charge is -2.29. The van der Waals surface area contributed by atoms with Gasteiger partial charge in [-0.3, -0.25) is 0 Å². The van der Waals surface area contributed by atoms with Crippen LogP contribution in [0.3, 0.4) is 0 Å². The van der Waals surface area contributed by atoms with Crippen molar-refractivity contribution in [3.63, 3.8) is 0 Å². The van der Waals surface area contributed by atoms with E-state index in [1.807, 2.05) is 19.4 Å². The fourth-order valence-electron chi connectivity index (χ4n) is 2.11. The number of aromatic nitrogens is 4. The van der Waals surface area contributed by atoms with Gasteiger partial charge >= 0.3 is 0 Å². The van der Waals surface area contributed by atoms with Gasteiger partial charge in [-0.2, -0.15) is 0 Å². The number of hydrogen-bond acceptors (Lipinski definition) is 5. The van der Waals surface area contributed by atoms with Gasteiger partial charge in [0.2, 0.25) is 0 Å². The van der Waals surface area contributed by atoms with Crippen molar-refractivity contribution in [2.75, 3.05) is 23.8 Å². The predicted molar refractivity (Wildman–Crippen MR) is 72.6 cm³/mol. The Morgan fingerprint density at radius 3 is 3.00 bits per heavy atom. The summed E-state index contributed by atoms with van der Waals surface area (Å²) >= 11 is 3.55. The Hall–Kier alpha value is -1.63. The van der Waals surface area contributed by atoms with Crippen molar-refractivity contribution in [3.8, 4) is 0 Å². The highest BCUT2D eigenvalue weighted by Crippen LogP contribution is 2.30. The molecule has 0 atom stereocenters. The maximum atomic E-state index is 4.36. The van der Waals surface area contributed by atoms with Gasteiger partial charge in [0.25, 0.3) is 0 Å². The van der Waals surface area contributed by atoms with E-state index >= 15 is 0 Å². The number of imidazole rings is 1. The Balaban J connectivity index is 1.93. The van der Waals surface area contributed by atoms with E-state index in [2.05, 4.69) is 45.7 Å². The minimum atomic E-state index is 0.770. The molecule has 0 amide bonds. The molecule has 0 saturated heterocycles. The van der Waals surface area contributed by atoms with Crippen LogP contribution < -0.4 is 10.2 Å². The SMILES string of the molecule is CNc1ncnc(N2CCn3ccnc3C2)c1Br. The molecule has 1 N–H and O–H groups in total.